The molecule has 0 unspecified atom stereocenters. The van der Waals surface area contributed by atoms with Gasteiger partial charge in [0.15, 0.2) is 17.5 Å². The Hall–Kier alpha value is -2.08. The highest BCUT2D eigenvalue weighted by atomic mass is 19.1. The normalized spacial score (nSPS) is 15.9. The van der Waals surface area contributed by atoms with Crippen LogP contribution in [0, 0.1) is 11.6 Å². The van der Waals surface area contributed by atoms with E-state index >= 15 is 0 Å². The van der Waals surface area contributed by atoms with Crippen LogP contribution in [0.3, 0.4) is 0 Å². The van der Waals surface area contributed by atoms with Gasteiger partial charge in [0, 0.05) is 31.6 Å². The van der Waals surface area contributed by atoms with Crippen LogP contribution in [0.25, 0.3) is 11.1 Å². The van der Waals surface area contributed by atoms with E-state index in [4.69, 9.17) is 4.74 Å². The summed E-state index contributed by atoms with van der Waals surface area (Å²) in [6.45, 7) is 1.27. The summed E-state index contributed by atoms with van der Waals surface area (Å²) in [5.74, 6) is -1.28. The molecule has 1 N–H and O–H groups in total. The number of hydrogen-bond donors (Lipinski definition) is 1. The van der Waals surface area contributed by atoms with Gasteiger partial charge in [-0.15, -0.1) is 0 Å². The first kappa shape index (κ1) is 13.9. The van der Waals surface area contributed by atoms with Gasteiger partial charge in [0.2, 0.25) is 0 Å². The van der Waals surface area contributed by atoms with Gasteiger partial charge in [-0.2, -0.15) is 0 Å². The van der Waals surface area contributed by atoms with Crippen molar-refractivity contribution in [2.75, 3.05) is 18.5 Å². The standard InChI is InChI=1S/C15H15F2N3O/c16-12-9-19-15(20-11-3-7-21-8-4-11)14(17)13(12)10-1-5-18-6-2-10/h1-2,5-6,9,11H,3-4,7-8H2,(H,19,20). The molecule has 6 heteroatoms. The van der Waals surface area contributed by atoms with Crippen LogP contribution in [-0.2, 0) is 4.74 Å². The molecule has 0 atom stereocenters. The first-order valence-corrected chi connectivity index (χ1v) is 6.84. The molecule has 0 amide bonds. The van der Waals surface area contributed by atoms with Gasteiger partial charge in [0.25, 0.3) is 0 Å². The summed E-state index contributed by atoms with van der Waals surface area (Å²) < 4.78 is 33.7. The highest BCUT2D eigenvalue weighted by Crippen LogP contribution is 2.29. The fraction of sp³-hybridized carbons (Fsp3) is 0.333. The second kappa shape index (κ2) is 6.13. The molecular formula is C15H15F2N3O. The Morgan fingerprint density at radius 1 is 1.14 bits per heavy atom. The van der Waals surface area contributed by atoms with Gasteiger partial charge in [-0.05, 0) is 30.5 Å². The maximum Gasteiger partial charge on any atom is 0.176 e. The third-order valence-corrected chi connectivity index (χ3v) is 3.50. The zero-order valence-electron chi connectivity index (χ0n) is 11.4. The van der Waals surface area contributed by atoms with E-state index in [0.29, 0.717) is 18.8 Å². The van der Waals surface area contributed by atoms with Gasteiger partial charge < -0.3 is 10.1 Å². The summed E-state index contributed by atoms with van der Waals surface area (Å²) in [5.41, 5.74) is 0.361. The van der Waals surface area contributed by atoms with Crippen LogP contribution >= 0.6 is 0 Å². The number of anilines is 1. The molecule has 1 fully saturated rings. The second-order valence-electron chi connectivity index (χ2n) is 4.91. The van der Waals surface area contributed by atoms with Crippen molar-refractivity contribution in [1.29, 1.82) is 0 Å². The lowest BCUT2D eigenvalue weighted by atomic mass is 10.1. The molecule has 1 aliphatic heterocycles. The van der Waals surface area contributed by atoms with Gasteiger partial charge in [0.1, 0.15) is 0 Å². The molecule has 0 aliphatic carbocycles. The summed E-state index contributed by atoms with van der Waals surface area (Å²) in [6, 6.07) is 3.23. The number of pyridine rings is 2. The summed E-state index contributed by atoms with van der Waals surface area (Å²) in [7, 11) is 0. The Balaban J connectivity index is 1.92. The van der Waals surface area contributed by atoms with Crippen molar-refractivity contribution in [3.63, 3.8) is 0 Å². The number of ether oxygens (including phenoxy) is 1. The third-order valence-electron chi connectivity index (χ3n) is 3.50. The molecular weight excluding hydrogens is 276 g/mol. The predicted octanol–water partition coefficient (Wildman–Crippen LogP) is 3.01. The number of aromatic nitrogens is 2. The van der Waals surface area contributed by atoms with Crippen LogP contribution in [0.1, 0.15) is 12.8 Å². The monoisotopic (exact) mass is 291 g/mol. The molecule has 1 aliphatic rings. The third kappa shape index (κ3) is 3.00. The molecule has 110 valence electrons. The number of nitrogens with one attached hydrogen (secondary N) is 1. The van der Waals surface area contributed by atoms with Crippen molar-refractivity contribution in [3.8, 4) is 11.1 Å². The molecule has 1 saturated heterocycles. The van der Waals surface area contributed by atoms with Gasteiger partial charge in [0.05, 0.1) is 11.8 Å². The van der Waals surface area contributed by atoms with Crippen LogP contribution < -0.4 is 5.32 Å². The van der Waals surface area contributed by atoms with E-state index in [9.17, 15) is 8.78 Å². The van der Waals surface area contributed by atoms with E-state index in [1.807, 2.05) is 0 Å². The van der Waals surface area contributed by atoms with Gasteiger partial charge >= 0.3 is 0 Å². The fourth-order valence-corrected chi connectivity index (χ4v) is 2.38. The molecule has 2 aromatic rings. The van der Waals surface area contributed by atoms with Crippen LogP contribution in [-0.4, -0.2) is 29.2 Å². The van der Waals surface area contributed by atoms with Crippen molar-refractivity contribution >= 4 is 5.82 Å². The van der Waals surface area contributed by atoms with Crippen molar-refractivity contribution in [2.45, 2.75) is 18.9 Å². The van der Waals surface area contributed by atoms with Crippen molar-refractivity contribution in [1.82, 2.24) is 9.97 Å². The van der Waals surface area contributed by atoms with Crippen LogP contribution in [0.15, 0.2) is 30.7 Å². The Morgan fingerprint density at radius 2 is 1.86 bits per heavy atom. The molecule has 0 radical (unpaired) electrons. The van der Waals surface area contributed by atoms with E-state index in [1.165, 1.54) is 12.4 Å². The molecule has 0 spiro atoms. The van der Waals surface area contributed by atoms with Crippen molar-refractivity contribution in [3.05, 3.63) is 42.4 Å². The molecule has 21 heavy (non-hydrogen) atoms. The number of halogens is 2. The first-order valence-electron chi connectivity index (χ1n) is 6.84. The smallest absolute Gasteiger partial charge is 0.176 e. The molecule has 2 aromatic heterocycles. The lowest BCUT2D eigenvalue weighted by Gasteiger charge is -2.24. The number of nitrogens with zero attached hydrogens (tertiary/aromatic N) is 2. The second-order valence-corrected chi connectivity index (χ2v) is 4.91. The topological polar surface area (TPSA) is 47.0 Å². The number of hydrogen-bond acceptors (Lipinski definition) is 4. The van der Waals surface area contributed by atoms with E-state index in [1.54, 1.807) is 12.1 Å². The molecule has 0 aromatic carbocycles. The Kier molecular flexibility index (Phi) is 4.06. The molecule has 0 saturated carbocycles. The van der Waals surface area contributed by atoms with E-state index in [0.717, 1.165) is 19.0 Å². The quantitative estimate of drug-likeness (QED) is 0.944. The minimum atomic E-state index is -0.684. The van der Waals surface area contributed by atoms with Crippen LogP contribution in [0.4, 0.5) is 14.6 Å². The minimum Gasteiger partial charge on any atom is -0.381 e. The maximum absolute atomic E-state index is 14.6. The summed E-state index contributed by atoms with van der Waals surface area (Å²) in [6.07, 6.45) is 5.60. The summed E-state index contributed by atoms with van der Waals surface area (Å²) >= 11 is 0. The van der Waals surface area contributed by atoms with E-state index in [-0.39, 0.29) is 17.4 Å². The van der Waals surface area contributed by atoms with Crippen molar-refractivity contribution in [2.24, 2.45) is 0 Å². The highest BCUT2D eigenvalue weighted by molar-refractivity contribution is 5.67. The Bertz CT molecular complexity index is 616. The Morgan fingerprint density at radius 3 is 2.57 bits per heavy atom. The molecule has 3 rings (SSSR count). The highest BCUT2D eigenvalue weighted by Gasteiger charge is 2.20. The zero-order valence-corrected chi connectivity index (χ0v) is 11.4. The largest absolute Gasteiger partial charge is 0.381 e. The van der Waals surface area contributed by atoms with Crippen molar-refractivity contribution < 1.29 is 13.5 Å². The lowest BCUT2D eigenvalue weighted by Crippen LogP contribution is -2.28. The average molecular weight is 291 g/mol. The zero-order chi connectivity index (χ0) is 14.7. The predicted molar refractivity (Wildman–Crippen MR) is 74.8 cm³/mol. The minimum absolute atomic E-state index is 0.0788. The van der Waals surface area contributed by atoms with E-state index in [2.05, 4.69) is 15.3 Å². The summed E-state index contributed by atoms with van der Waals surface area (Å²) in [5, 5.41) is 3.04. The fourth-order valence-electron chi connectivity index (χ4n) is 2.38. The van der Waals surface area contributed by atoms with Crippen LogP contribution in [0.2, 0.25) is 0 Å². The average Bonchev–Trinajstić information content (AvgIpc) is 2.52. The van der Waals surface area contributed by atoms with Gasteiger partial charge in [-0.1, -0.05) is 0 Å². The molecule has 3 heterocycles. The molecule has 0 bridgehead atoms. The maximum atomic E-state index is 14.6. The number of rotatable bonds is 3. The van der Waals surface area contributed by atoms with Gasteiger partial charge in [-0.3, -0.25) is 4.98 Å². The van der Waals surface area contributed by atoms with Crippen LogP contribution in [0.5, 0.6) is 0 Å². The SMILES string of the molecule is Fc1cnc(NC2CCOCC2)c(F)c1-c1ccncc1. The summed E-state index contributed by atoms with van der Waals surface area (Å²) in [4.78, 5) is 7.70. The Labute approximate surface area is 121 Å². The molecule has 4 nitrogen and oxygen atoms in total. The van der Waals surface area contributed by atoms with E-state index < -0.39 is 11.6 Å². The van der Waals surface area contributed by atoms with Gasteiger partial charge in [-0.25, -0.2) is 13.8 Å². The lowest BCUT2D eigenvalue weighted by molar-refractivity contribution is 0.0903. The first-order chi connectivity index (χ1) is 10.3.